The van der Waals surface area contributed by atoms with Gasteiger partial charge in [0.2, 0.25) is 10.0 Å². The van der Waals surface area contributed by atoms with Gasteiger partial charge in [0.05, 0.1) is 17.6 Å². The maximum absolute atomic E-state index is 12.8. The first-order valence-electron chi connectivity index (χ1n) is 9.76. The number of hydrogen-bond donors (Lipinski definition) is 1. The Kier molecular flexibility index (Phi) is 4.60. The molecule has 9 heteroatoms. The lowest BCUT2D eigenvalue weighted by Gasteiger charge is -2.21. The molecule has 1 aliphatic rings. The molecule has 0 radical (unpaired) electrons. The Bertz CT molecular complexity index is 1380. The van der Waals surface area contributed by atoms with Gasteiger partial charge in [-0.2, -0.15) is 0 Å². The molecule has 0 bridgehead atoms. The van der Waals surface area contributed by atoms with E-state index in [1.54, 1.807) is 29.5 Å². The van der Waals surface area contributed by atoms with Crippen LogP contribution < -0.4 is 9.62 Å². The summed E-state index contributed by atoms with van der Waals surface area (Å²) in [5.41, 5.74) is 4.55. The van der Waals surface area contributed by atoms with Crippen molar-refractivity contribution < 1.29 is 13.2 Å². The number of nitrogens with one attached hydrogen (secondary N) is 1. The third kappa shape index (κ3) is 3.60. The second-order valence-electron chi connectivity index (χ2n) is 7.71. The van der Waals surface area contributed by atoms with E-state index in [4.69, 9.17) is 0 Å². The Balaban J connectivity index is 1.34. The first-order valence-corrected chi connectivity index (χ1v) is 12.5. The topological polar surface area (TPSA) is 83.8 Å². The SMILES string of the molecule is CC1Cc2cc(C(=O)Nc3ccc(-c4cn5ccsc5n4)cc3)ccc2N1S(C)(=O)=O. The van der Waals surface area contributed by atoms with Crippen molar-refractivity contribution in [2.45, 2.75) is 19.4 Å². The molecule has 5 rings (SSSR count). The zero-order chi connectivity index (χ0) is 21.8. The van der Waals surface area contributed by atoms with Crippen LogP contribution in [0, 0.1) is 0 Å². The van der Waals surface area contributed by atoms with Crippen molar-refractivity contribution in [3.63, 3.8) is 0 Å². The fourth-order valence-corrected chi connectivity index (χ4v) is 6.01. The fourth-order valence-electron chi connectivity index (χ4n) is 4.04. The van der Waals surface area contributed by atoms with Crippen LogP contribution in [-0.4, -0.2) is 36.0 Å². The molecule has 0 fully saturated rings. The second kappa shape index (κ2) is 7.21. The minimum Gasteiger partial charge on any atom is -0.322 e. The van der Waals surface area contributed by atoms with Crippen molar-refractivity contribution in [2.75, 3.05) is 15.9 Å². The van der Waals surface area contributed by atoms with Gasteiger partial charge < -0.3 is 5.32 Å². The summed E-state index contributed by atoms with van der Waals surface area (Å²) in [6, 6.07) is 12.5. The molecule has 0 saturated heterocycles. The fraction of sp³-hybridized carbons (Fsp3) is 0.182. The first-order chi connectivity index (χ1) is 14.8. The van der Waals surface area contributed by atoms with Gasteiger partial charge in [-0.05, 0) is 49.2 Å². The number of fused-ring (bicyclic) bond motifs is 2. The maximum Gasteiger partial charge on any atom is 0.255 e. The van der Waals surface area contributed by atoms with Gasteiger partial charge in [-0.25, -0.2) is 13.4 Å². The largest absolute Gasteiger partial charge is 0.322 e. The molecule has 1 aliphatic heterocycles. The van der Waals surface area contributed by atoms with Crippen LogP contribution in [0.2, 0.25) is 0 Å². The molecule has 158 valence electrons. The molecular formula is C22H20N4O3S2. The number of anilines is 2. The molecule has 7 nitrogen and oxygen atoms in total. The van der Waals surface area contributed by atoms with Gasteiger partial charge >= 0.3 is 0 Å². The number of carbonyl (C=O) groups excluding carboxylic acids is 1. The summed E-state index contributed by atoms with van der Waals surface area (Å²) in [4.78, 5) is 18.3. The molecule has 3 heterocycles. The van der Waals surface area contributed by atoms with E-state index in [1.165, 1.54) is 10.6 Å². The van der Waals surface area contributed by atoms with Crippen molar-refractivity contribution in [1.82, 2.24) is 9.38 Å². The number of carbonyl (C=O) groups is 1. The molecule has 2 aromatic carbocycles. The van der Waals surface area contributed by atoms with Crippen molar-refractivity contribution in [2.24, 2.45) is 0 Å². The number of aromatic nitrogens is 2. The Labute approximate surface area is 184 Å². The van der Waals surface area contributed by atoms with E-state index >= 15 is 0 Å². The summed E-state index contributed by atoms with van der Waals surface area (Å²) in [5, 5.41) is 4.90. The Morgan fingerprint density at radius 1 is 1.19 bits per heavy atom. The summed E-state index contributed by atoms with van der Waals surface area (Å²) in [5.74, 6) is -0.233. The van der Waals surface area contributed by atoms with Crippen molar-refractivity contribution in [3.8, 4) is 11.3 Å². The molecule has 1 unspecified atom stereocenters. The maximum atomic E-state index is 12.8. The predicted molar refractivity (Wildman–Crippen MR) is 123 cm³/mol. The summed E-state index contributed by atoms with van der Waals surface area (Å²) < 4.78 is 27.5. The van der Waals surface area contributed by atoms with Crippen LogP contribution >= 0.6 is 11.3 Å². The van der Waals surface area contributed by atoms with Crippen LogP contribution in [0.5, 0.6) is 0 Å². The third-order valence-electron chi connectivity index (χ3n) is 5.38. The molecule has 1 amide bonds. The van der Waals surface area contributed by atoms with Gasteiger partial charge in [0.1, 0.15) is 0 Å². The Morgan fingerprint density at radius 3 is 2.68 bits per heavy atom. The standard InChI is InChI=1S/C22H20N4O3S2/c1-14-11-17-12-16(5-8-20(17)26(14)31(2,28)29)21(27)23-18-6-3-15(4-7-18)19-13-25-9-10-30-22(25)24-19/h3-10,12-14H,11H2,1-2H3,(H,23,27). The average molecular weight is 453 g/mol. The zero-order valence-electron chi connectivity index (χ0n) is 16.9. The summed E-state index contributed by atoms with van der Waals surface area (Å²) in [7, 11) is -3.35. The number of thiazole rings is 1. The first kappa shape index (κ1) is 19.8. The lowest BCUT2D eigenvalue weighted by molar-refractivity contribution is 0.102. The Hall–Kier alpha value is -3.17. The minimum absolute atomic E-state index is 0.158. The van der Waals surface area contributed by atoms with E-state index in [-0.39, 0.29) is 11.9 Å². The van der Waals surface area contributed by atoms with Crippen LogP contribution in [-0.2, 0) is 16.4 Å². The number of amides is 1. The van der Waals surface area contributed by atoms with E-state index in [9.17, 15) is 13.2 Å². The summed E-state index contributed by atoms with van der Waals surface area (Å²) >= 11 is 1.58. The van der Waals surface area contributed by atoms with Gasteiger partial charge in [0, 0.05) is 40.6 Å². The van der Waals surface area contributed by atoms with Gasteiger partial charge in [-0.15, -0.1) is 11.3 Å². The number of hydrogen-bond acceptors (Lipinski definition) is 5. The van der Waals surface area contributed by atoms with Gasteiger partial charge in [0.15, 0.2) is 4.96 Å². The number of sulfonamides is 1. The molecule has 0 aliphatic carbocycles. The van der Waals surface area contributed by atoms with E-state index in [1.807, 2.05) is 53.4 Å². The molecular weight excluding hydrogens is 432 g/mol. The molecule has 1 atom stereocenters. The van der Waals surface area contributed by atoms with E-state index < -0.39 is 10.0 Å². The predicted octanol–water partition coefficient (Wildman–Crippen LogP) is 4.03. The summed E-state index contributed by atoms with van der Waals surface area (Å²) in [6.45, 7) is 1.87. The van der Waals surface area contributed by atoms with Crippen LogP contribution in [0.15, 0.2) is 60.2 Å². The number of nitrogens with zero attached hydrogens (tertiary/aromatic N) is 3. The number of rotatable bonds is 4. The smallest absolute Gasteiger partial charge is 0.255 e. The Morgan fingerprint density at radius 2 is 1.97 bits per heavy atom. The molecule has 1 N–H and O–H groups in total. The van der Waals surface area contributed by atoms with Crippen molar-refractivity contribution in [3.05, 3.63) is 71.4 Å². The molecule has 4 aromatic rings. The quantitative estimate of drug-likeness (QED) is 0.507. The van der Waals surface area contributed by atoms with E-state index in [2.05, 4.69) is 10.3 Å². The van der Waals surface area contributed by atoms with E-state index in [0.29, 0.717) is 23.4 Å². The molecule has 31 heavy (non-hydrogen) atoms. The molecule has 0 saturated carbocycles. The van der Waals surface area contributed by atoms with Crippen LogP contribution in [0.3, 0.4) is 0 Å². The van der Waals surface area contributed by atoms with Crippen LogP contribution in [0.4, 0.5) is 11.4 Å². The van der Waals surface area contributed by atoms with Crippen molar-refractivity contribution >= 4 is 43.6 Å². The highest BCUT2D eigenvalue weighted by molar-refractivity contribution is 7.92. The molecule has 2 aromatic heterocycles. The highest BCUT2D eigenvalue weighted by Crippen LogP contribution is 2.35. The highest BCUT2D eigenvalue weighted by Gasteiger charge is 2.32. The van der Waals surface area contributed by atoms with Crippen molar-refractivity contribution in [1.29, 1.82) is 0 Å². The lowest BCUT2D eigenvalue weighted by atomic mass is 10.1. The highest BCUT2D eigenvalue weighted by atomic mass is 32.2. The number of imidazole rings is 1. The van der Waals surface area contributed by atoms with Gasteiger partial charge in [-0.3, -0.25) is 13.5 Å². The zero-order valence-corrected chi connectivity index (χ0v) is 18.6. The van der Waals surface area contributed by atoms with Gasteiger partial charge in [0.25, 0.3) is 5.91 Å². The lowest BCUT2D eigenvalue weighted by Crippen LogP contribution is -2.34. The second-order valence-corrected chi connectivity index (χ2v) is 10.4. The summed E-state index contributed by atoms with van der Waals surface area (Å²) in [6.07, 6.45) is 5.73. The van der Waals surface area contributed by atoms with Crippen LogP contribution in [0.1, 0.15) is 22.8 Å². The monoisotopic (exact) mass is 452 g/mol. The van der Waals surface area contributed by atoms with Crippen LogP contribution in [0.25, 0.3) is 16.2 Å². The average Bonchev–Trinajstić information content (AvgIpc) is 3.39. The van der Waals surface area contributed by atoms with E-state index in [0.717, 1.165) is 21.8 Å². The van der Waals surface area contributed by atoms with Gasteiger partial charge in [-0.1, -0.05) is 12.1 Å². The normalized spacial score (nSPS) is 15.9. The number of benzene rings is 2. The third-order valence-corrected chi connectivity index (χ3v) is 7.43. The molecule has 0 spiro atoms. The minimum atomic E-state index is -3.35.